The van der Waals surface area contributed by atoms with Crippen molar-refractivity contribution < 1.29 is 14.6 Å². The molecule has 0 spiro atoms. The van der Waals surface area contributed by atoms with Gasteiger partial charge >= 0.3 is 0 Å². The highest BCUT2D eigenvalue weighted by molar-refractivity contribution is 7.11. The van der Waals surface area contributed by atoms with Crippen molar-refractivity contribution in [2.75, 3.05) is 25.7 Å². The second-order valence-electron chi connectivity index (χ2n) is 5.09. The number of aliphatic hydroxyl groups excluding tert-OH is 1. The van der Waals surface area contributed by atoms with Crippen LogP contribution in [0.3, 0.4) is 0 Å². The van der Waals surface area contributed by atoms with Gasteiger partial charge in [0, 0.05) is 22.8 Å². The fourth-order valence-corrected chi connectivity index (χ4v) is 3.35. The highest BCUT2D eigenvalue weighted by Gasteiger charge is 2.31. The Labute approximate surface area is 138 Å². The summed E-state index contributed by atoms with van der Waals surface area (Å²) in [5.74, 6) is 1.58. The van der Waals surface area contributed by atoms with Crippen molar-refractivity contribution in [3.63, 3.8) is 0 Å². The first-order valence-corrected chi connectivity index (χ1v) is 7.86. The zero-order valence-electron chi connectivity index (χ0n) is 13.1. The number of rotatable bonds is 4. The number of nitrogens with one attached hydrogen (secondary N) is 1. The first-order chi connectivity index (χ1) is 11.0. The molecule has 0 saturated carbocycles. The normalized spacial score (nSPS) is 14.6. The molecule has 1 aromatic heterocycles. The molecule has 6 nitrogen and oxygen atoms in total. The van der Waals surface area contributed by atoms with Gasteiger partial charge < -0.3 is 19.5 Å². The average Bonchev–Trinajstić information content (AvgIpc) is 3.09. The van der Waals surface area contributed by atoms with E-state index in [0.29, 0.717) is 22.1 Å². The number of hydrogen-bond donors (Lipinski definition) is 2. The zero-order chi connectivity index (χ0) is 16.6. The van der Waals surface area contributed by atoms with Crippen LogP contribution >= 0.6 is 11.3 Å². The molecule has 0 unspecified atom stereocenters. The number of thiazole rings is 1. The van der Waals surface area contributed by atoms with Crippen LogP contribution < -0.4 is 14.4 Å². The summed E-state index contributed by atoms with van der Waals surface area (Å²) in [5, 5.41) is 21.3. The molecule has 0 amide bonds. The van der Waals surface area contributed by atoms with Crippen LogP contribution in [0, 0.1) is 12.3 Å². The van der Waals surface area contributed by atoms with Gasteiger partial charge in [-0.15, -0.1) is 11.3 Å². The highest BCUT2D eigenvalue weighted by Crippen LogP contribution is 2.36. The van der Waals surface area contributed by atoms with Gasteiger partial charge in [-0.05, 0) is 19.1 Å². The predicted octanol–water partition coefficient (Wildman–Crippen LogP) is 3.24. The molecule has 0 fully saturated rings. The van der Waals surface area contributed by atoms with Crippen molar-refractivity contribution in [1.82, 2.24) is 4.98 Å². The monoisotopic (exact) mass is 331 g/mol. The summed E-state index contributed by atoms with van der Waals surface area (Å²) in [6.45, 7) is 2.13. The van der Waals surface area contributed by atoms with Gasteiger partial charge in [-0.25, -0.2) is 4.98 Å². The summed E-state index contributed by atoms with van der Waals surface area (Å²) in [6, 6.07) is 5.40. The molecule has 2 N–H and O–H groups in total. The number of ether oxygens (including phenoxy) is 2. The summed E-state index contributed by atoms with van der Waals surface area (Å²) in [6.07, 6.45) is 0. The minimum atomic E-state index is 0.152. The molecule has 1 aromatic carbocycles. The summed E-state index contributed by atoms with van der Waals surface area (Å²) in [5.41, 5.74) is 2.11. The second kappa shape index (κ2) is 5.92. The lowest BCUT2D eigenvalue weighted by Crippen LogP contribution is -2.26. The molecule has 0 bridgehead atoms. The van der Waals surface area contributed by atoms with E-state index in [2.05, 4.69) is 4.98 Å². The summed E-state index contributed by atoms with van der Waals surface area (Å²) >= 11 is 1.42. The number of aryl methyl sites for hydroxylation is 1. The number of nitrogens with zero attached hydrogens (tertiary/aromatic N) is 2. The van der Waals surface area contributed by atoms with Crippen LogP contribution in [-0.4, -0.2) is 36.7 Å². The number of methoxy groups -OCH3 is 2. The van der Waals surface area contributed by atoms with Gasteiger partial charge in [-0.2, -0.15) is 0 Å². The van der Waals surface area contributed by atoms with Crippen molar-refractivity contribution >= 4 is 28.4 Å². The number of anilines is 1. The molecule has 0 saturated heterocycles. The van der Waals surface area contributed by atoms with E-state index >= 15 is 0 Å². The van der Waals surface area contributed by atoms with Crippen LogP contribution in [0.4, 0.5) is 5.69 Å². The smallest absolute Gasteiger partial charge is 0.162 e. The fourth-order valence-electron chi connectivity index (χ4n) is 2.49. The molecular weight excluding hydrogens is 314 g/mol. The summed E-state index contributed by atoms with van der Waals surface area (Å²) in [7, 11) is 3.14. The Morgan fingerprint density at radius 2 is 2.00 bits per heavy atom. The van der Waals surface area contributed by atoms with Crippen LogP contribution in [-0.2, 0) is 0 Å². The van der Waals surface area contributed by atoms with Gasteiger partial charge in [-0.1, -0.05) is 0 Å². The van der Waals surface area contributed by atoms with E-state index in [1.54, 1.807) is 31.3 Å². The molecule has 0 radical (unpaired) electrons. The van der Waals surface area contributed by atoms with Crippen molar-refractivity contribution in [3.05, 3.63) is 40.0 Å². The molecule has 120 valence electrons. The lowest BCUT2D eigenvalue weighted by molar-refractivity contribution is 0.355. The van der Waals surface area contributed by atoms with Gasteiger partial charge in [0.15, 0.2) is 11.5 Å². The van der Waals surface area contributed by atoms with E-state index in [4.69, 9.17) is 14.9 Å². The Morgan fingerprint density at radius 1 is 1.26 bits per heavy atom. The maximum absolute atomic E-state index is 10.3. The minimum absolute atomic E-state index is 0.152. The van der Waals surface area contributed by atoms with Crippen LogP contribution in [0.2, 0.25) is 0 Å². The van der Waals surface area contributed by atoms with Gasteiger partial charge in [0.2, 0.25) is 0 Å². The number of amidine groups is 1. The molecule has 23 heavy (non-hydrogen) atoms. The van der Waals surface area contributed by atoms with Crippen molar-refractivity contribution in [2.24, 2.45) is 0 Å². The molecule has 2 heterocycles. The predicted molar refractivity (Wildman–Crippen MR) is 91.0 cm³/mol. The molecule has 1 aliphatic rings. The first-order valence-electron chi connectivity index (χ1n) is 6.98. The maximum Gasteiger partial charge on any atom is 0.162 e. The van der Waals surface area contributed by atoms with Crippen LogP contribution in [0.25, 0.3) is 5.57 Å². The Balaban J connectivity index is 1.94. The van der Waals surface area contributed by atoms with Crippen LogP contribution in [0.5, 0.6) is 11.5 Å². The Morgan fingerprint density at radius 3 is 2.61 bits per heavy atom. The van der Waals surface area contributed by atoms with E-state index < -0.39 is 0 Å². The molecule has 3 rings (SSSR count). The lowest BCUT2D eigenvalue weighted by Gasteiger charge is -2.20. The minimum Gasteiger partial charge on any atom is -0.510 e. The van der Waals surface area contributed by atoms with E-state index in [-0.39, 0.29) is 18.1 Å². The van der Waals surface area contributed by atoms with E-state index in [0.717, 1.165) is 11.4 Å². The van der Waals surface area contributed by atoms with Gasteiger partial charge in [-0.3, -0.25) is 5.41 Å². The van der Waals surface area contributed by atoms with E-state index in [1.807, 2.05) is 18.4 Å². The topological polar surface area (TPSA) is 78.7 Å². The highest BCUT2D eigenvalue weighted by atomic mass is 32.1. The third-order valence-electron chi connectivity index (χ3n) is 3.61. The second-order valence-corrected chi connectivity index (χ2v) is 5.95. The molecule has 0 aliphatic carbocycles. The average molecular weight is 331 g/mol. The molecule has 2 aromatic rings. The maximum atomic E-state index is 10.3. The molecule has 7 heteroatoms. The zero-order valence-corrected chi connectivity index (χ0v) is 13.9. The number of benzene rings is 1. The van der Waals surface area contributed by atoms with Crippen molar-refractivity contribution in [2.45, 2.75) is 6.92 Å². The van der Waals surface area contributed by atoms with Crippen molar-refractivity contribution in [1.29, 1.82) is 5.41 Å². The number of aliphatic hydroxyl groups is 1. The van der Waals surface area contributed by atoms with E-state index in [9.17, 15) is 5.11 Å². The lowest BCUT2D eigenvalue weighted by atomic mass is 10.2. The third-order valence-corrected chi connectivity index (χ3v) is 4.59. The molecular formula is C16H17N3O3S. The van der Waals surface area contributed by atoms with Crippen LogP contribution in [0.1, 0.15) is 10.7 Å². The van der Waals surface area contributed by atoms with E-state index in [1.165, 1.54) is 11.3 Å². The molecule has 0 atom stereocenters. The third kappa shape index (κ3) is 2.63. The number of aromatic nitrogens is 1. The van der Waals surface area contributed by atoms with Gasteiger partial charge in [0.1, 0.15) is 16.6 Å². The fraction of sp³-hybridized carbons (Fsp3) is 0.250. The van der Waals surface area contributed by atoms with Gasteiger partial charge in [0.05, 0.1) is 26.3 Å². The Bertz CT molecular complexity index is 798. The first kappa shape index (κ1) is 15.4. The Kier molecular flexibility index (Phi) is 3.96. The van der Waals surface area contributed by atoms with Crippen LogP contribution in [0.15, 0.2) is 29.3 Å². The number of hydrogen-bond acceptors (Lipinski definition) is 6. The summed E-state index contributed by atoms with van der Waals surface area (Å²) in [4.78, 5) is 6.08. The summed E-state index contributed by atoms with van der Waals surface area (Å²) < 4.78 is 10.5. The van der Waals surface area contributed by atoms with Crippen molar-refractivity contribution in [3.8, 4) is 11.5 Å². The quantitative estimate of drug-likeness (QED) is 0.899. The standard InChI is InChI=1S/C16H17N3O3S/c1-9-8-23-16(18-9)14-11(20)7-19(15(14)17)10-4-5-12(21-2)13(6-10)22-3/h4-6,8,17,20H,7H2,1-3H3. The SMILES string of the molecule is COc1ccc(N2CC(O)=C(c3nc(C)cs3)C2=N)cc1OC. The largest absolute Gasteiger partial charge is 0.510 e. The Hall–Kier alpha value is -2.54. The van der Waals surface area contributed by atoms with Gasteiger partial charge in [0.25, 0.3) is 0 Å². The molecule has 1 aliphatic heterocycles.